The van der Waals surface area contributed by atoms with E-state index in [4.69, 9.17) is 5.11 Å². The highest BCUT2D eigenvalue weighted by atomic mass is 16.3. The monoisotopic (exact) mass is 247 g/mol. The van der Waals surface area contributed by atoms with Crippen molar-refractivity contribution in [1.29, 1.82) is 0 Å². The maximum absolute atomic E-state index is 11.8. The third kappa shape index (κ3) is 2.91. The van der Waals surface area contributed by atoms with Gasteiger partial charge in [0.1, 0.15) is 0 Å². The number of aliphatic hydroxyl groups is 1. The van der Waals surface area contributed by atoms with E-state index in [0.29, 0.717) is 6.54 Å². The number of nitrogens with one attached hydrogen (secondary N) is 1. The lowest BCUT2D eigenvalue weighted by Gasteiger charge is -2.12. The average Bonchev–Trinajstić information content (AvgIpc) is 3.19. The van der Waals surface area contributed by atoms with Crippen molar-refractivity contribution in [2.24, 2.45) is 5.41 Å². The van der Waals surface area contributed by atoms with Crippen LogP contribution in [0.3, 0.4) is 0 Å². The second-order valence-corrected chi connectivity index (χ2v) is 5.19. The fraction of sp³-hybridized carbons (Fsp3) is 0.533. The average molecular weight is 247 g/mol. The van der Waals surface area contributed by atoms with Crippen LogP contribution in [0.5, 0.6) is 0 Å². The van der Waals surface area contributed by atoms with Gasteiger partial charge in [-0.1, -0.05) is 37.6 Å². The summed E-state index contributed by atoms with van der Waals surface area (Å²) in [4.78, 5) is 11.8. The number of aryl methyl sites for hydroxylation is 1. The minimum absolute atomic E-state index is 0.0114. The van der Waals surface area contributed by atoms with E-state index in [-0.39, 0.29) is 12.5 Å². The van der Waals surface area contributed by atoms with Crippen molar-refractivity contribution >= 4 is 5.91 Å². The van der Waals surface area contributed by atoms with Crippen LogP contribution in [0.25, 0.3) is 0 Å². The lowest BCUT2D eigenvalue weighted by Crippen LogP contribution is -2.33. The Hall–Kier alpha value is -1.35. The first-order valence-corrected chi connectivity index (χ1v) is 6.67. The second-order valence-electron chi connectivity index (χ2n) is 5.19. The van der Waals surface area contributed by atoms with Gasteiger partial charge in [-0.3, -0.25) is 4.79 Å². The molecule has 1 aliphatic carbocycles. The number of carbonyl (C=O) groups excluding carboxylic acids is 1. The Morgan fingerprint density at radius 2 is 1.89 bits per heavy atom. The molecule has 1 aromatic rings. The summed E-state index contributed by atoms with van der Waals surface area (Å²) in [6.45, 7) is 2.68. The first-order valence-electron chi connectivity index (χ1n) is 6.67. The van der Waals surface area contributed by atoms with Gasteiger partial charge in [-0.15, -0.1) is 0 Å². The number of amides is 1. The molecule has 2 N–H and O–H groups in total. The molecule has 0 radical (unpaired) electrons. The Morgan fingerprint density at radius 1 is 1.28 bits per heavy atom. The summed E-state index contributed by atoms with van der Waals surface area (Å²) in [5.41, 5.74) is 1.97. The number of hydrogen-bond acceptors (Lipinski definition) is 2. The van der Waals surface area contributed by atoms with Crippen LogP contribution in [0.2, 0.25) is 0 Å². The van der Waals surface area contributed by atoms with Crippen LogP contribution in [-0.4, -0.2) is 17.6 Å². The van der Waals surface area contributed by atoms with Gasteiger partial charge >= 0.3 is 0 Å². The molecular formula is C15H21NO2. The lowest BCUT2D eigenvalue weighted by atomic mass is 10.1. The molecule has 1 fully saturated rings. The van der Waals surface area contributed by atoms with Crippen molar-refractivity contribution in [3.05, 3.63) is 35.4 Å². The SMILES string of the molecule is CCCc1ccc(CNC(=O)C2(CO)CC2)cc1. The van der Waals surface area contributed by atoms with Gasteiger partial charge in [0.15, 0.2) is 0 Å². The minimum atomic E-state index is -0.470. The van der Waals surface area contributed by atoms with Gasteiger partial charge in [-0.05, 0) is 30.4 Å². The number of hydrogen-bond donors (Lipinski definition) is 2. The fourth-order valence-electron chi connectivity index (χ4n) is 2.09. The molecule has 0 aliphatic heterocycles. The zero-order chi connectivity index (χ0) is 13.0. The first kappa shape index (κ1) is 13.1. The normalized spacial score (nSPS) is 16.3. The van der Waals surface area contributed by atoms with Crippen LogP contribution in [0.1, 0.15) is 37.3 Å². The van der Waals surface area contributed by atoms with Gasteiger partial charge in [0.25, 0.3) is 0 Å². The van der Waals surface area contributed by atoms with Gasteiger partial charge in [0.2, 0.25) is 5.91 Å². The van der Waals surface area contributed by atoms with Crippen molar-refractivity contribution in [2.45, 2.75) is 39.2 Å². The topological polar surface area (TPSA) is 49.3 Å². The summed E-state index contributed by atoms with van der Waals surface area (Å²) >= 11 is 0. The maximum atomic E-state index is 11.8. The van der Waals surface area contributed by atoms with Gasteiger partial charge in [-0.25, -0.2) is 0 Å². The summed E-state index contributed by atoms with van der Waals surface area (Å²) in [6, 6.07) is 8.35. The van der Waals surface area contributed by atoms with Crippen LogP contribution < -0.4 is 5.32 Å². The summed E-state index contributed by atoms with van der Waals surface area (Å²) in [6.07, 6.45) is 3.87. The molecule has 18 heavy (non-hydrogen) atoms. The molecule has 0 spiro atoms. The number of carbonyl (C=O) groups is 1. The highest BCUT2D eigenvalue weighted by Gasteiger charge is 2.49. The highest BCUT2D eigenvalue weighted by molar-refractivity contribution is 5.85. The molecule has 98 valence electrons. The summed E-state index contributed by atoms with van der Waals surface area (Å²) in [7, 11) is 0. The molecule has 0 bridgehead atoms. The summed E-state index contributed by atoms with van der Waals surface area (Å²) in [5, 5.41) is 12.1. The Labute approximate surface area is 108 Å². The number of aliphatic hydroxyl groups excluding tert-OH is 1. The molecule has 2 rings (SSSR count). The van der Waals surface area contributed by atoms with E-state index in [2.05, 4.69) is 36.5 Å². The molecule has 1 saturated carbocycles. The molecule has 1 aliphatic rings. The summed E-state index contributed by atoms with van der Waals surface area (Å²) in [5.74, 6) is -0.0114. The van der Waals surface area contributed by atoms with Crippen LogP contribution >= 0.6 is 0 Å². The first-order chi connectivity index (χ1) is 8.70. The lowest BCUT2D eigenvalue weighted by molar-refractivity contribution is -0.127. The van der Waals surface area contributed by atoms with E-state index >= 15 is 0 Å². The Balaban J connectivity index is 1.85. The zero-order valence-corrected chi connectivity index (χ0v) is 10.9. The van der Waals surface area contributed by atoms with E-state index in [1.54, 1.807) is 0 Å². The third-order valence-electron chi connectivity index (χ3n) is 3.65. The zero-order valence-electron chi connectivity index (χ0n) is 10.9. The van der Waals surface area contributed by atoms with E-state index in [0.717, 1.165) is 31.2 Å². The molecule has 3 nitrogen and oxygen atoms in total. The second kappa shape index (κ2) is 5.53. The standard InChI is InChI=1S/C15H21NO2/c1-2-3-12-4-6-13(7-5-12)10-16-14(18)15(11-17)8-9-15/h4-7,17H,2-3,8-11H2,1H3,(H,16,18). The van der Waals surface area contributed by atoms with E-state index < -0.39 is 5.41 Å². The summed E-state index contributed by atoms with van der Waals surface area (Å²) < 4.78 is 0. The molecule has 0 saturated heterocycles. The van der Waals surface area contributed by atoms with Crippen LogP contribution in [0.15, 0.2) is 24.3 Å². The van der Waals surface area contributed by atoms with Crippen molar-refractivity contribution in [1.82, 2.24) is 5.32 Å². The van der Waals surface area contributed by atoms with Gasteiger partial charge in [0.05, 0.1) is 12.0 Å². The molecular weight excluding hydrogens is 226 g/mol. The molecule has 1 amide bonds. The van der Waals surface area contributed by atoms with Crippen molar-refractivity contribution in [2.75, 3.05) is 6.61 Å². The highest BCUT2D eigenvalue weighted by Crippen LogP contribution is 2.45. The molecule has 0 unspecified atom stereocenters. The third-order valence-corrected chi connectivity index (χ3v) is 3.65. The molecule has 1 aromatic carbocycles. The van der Waals surface area contributed by atoms with Gasteiger partial charge in [0, 0.05) is 6.54 Å². The maximum Gasteiger partial charge on any atom is 0.228 e. The van der Waals surface area contributed by atoms with Crippen LogP contribution in [0.4, 0.5) is 0 Å². The van der Waals surface area contributed by atoms with Crippen molar-refractivity contribution < 1.29 is 9.90 Å². The minimum Gasteiger partial charge on any atom is -0.395 e. The fourth-order valence-corrected chi connectivity index (χ4v) is 2.09. The van der Waals surface area contributed by atoms with Gasteiger partial charge in [-0.2, -0.15) is 0 Å². The molecule has 0 atom stereocenters. The smallest absolute Gasteiger partial charge is 0.228 e. The quantitative estimate of drug-likeness (QED) is 0.808. The molecule has 0 aromatic heterocycles. The van der Waals surface area contributed by atoms with E-state index in [1.807, 2.05) is 0 Å². The predicted octanol–water partition coefficient (Wildman–Crippen LogP) is 2.03. The Morgan fingerprint density at radius 3 is 2.39 bits per heavy atom. The number of benzene rings is 1. The van der Waals surface area contributed by atoms with Crippen molar-refractivity contribution in [3.63, 3.8) is 0 Å². The van der Waals surface area contributed by atoms with E-state index in [1.165, 1.54) is 5.56 Å². The number of rotatable bonds is 6. The van der Waals surface area contributed by atoms with Crippen LogP contribution in [0, 0.1) is 5.41 Å². The van der Waals surface area contributed by atoms with E-state index in [9.17, 15) is 4.79 Å². The van der Waals surface area contributed by atoms with Crippen molar-refractivity contribution in [3.8, 4) is 0 Å². The Kier molecular flexibility index (Phi) is 4.02. The molecule has 3 heteroatoms. The Bertz CT molecular complexity index is 407. The largest absolute Gasteiger partial charge is 0.395 e. The van der Waals surface area contributed by atoms with Gasteiger partial charge < -0.3 is 10.4 Å². The molecule has 0 heterocycles. The van der Waals surface area contributed by atoms with Crippen LogP contribution in [-0.2, 0) is 17.8 Å². The predicted molar refractivity (Wildman–Crippen MR) is 71.0 cm³/mol.